The highest BCUT2D eigenvalue weighted by molar-refractivity contribution is 6.31. The Morgan fingerprint density at radius 2 is 1.79 bits per heavy atom. The van der Waals surface area contributed by atoms with E-state index in [-0.39, 0.29) is 18.2 Å². The molecule has 0 fully saturated rings. The van der Waals surface area contributed by atoms with Crippen molar-refractivity contribution in [3.05, 3.63) is 59.1 Å². The maximum absolute atomic E-state index is 12.0. The Hall–Kier alpha value is -2.53. The highest BCUT2D eigenvalue weighted by atomic mass is 35.5. The molecule has 0 spiro atoms. The lowest BCUT2D eigenvalue weighted by Crippen LogP contribution is -2.25. The third-order valence-electron chi connectivity index (χ3n) is 3.31. The summed E-state index contributed by atoms with van der Waals surface area (Å²) in [6.07, 6.45) is 0.199. The summed E-state index contributed by atoms with van der Waals surface area (Å²) in [4.78, 5) is 22.8. The van der Waals surface area contributed by atoms with Crippen molar-refractivity contribution >= 4 is 34.8 Å². The van der Waals surface area contributed by atoms with Crippen LogP contribution in [0.1, 0.15) is 18.9 Å². The summed E-state index contributed by atoms with van der Waals surface area (Å²) in [5.74, 6) is -0.343. The topological polar surface area (TPSA) is 70.2 Å². The number of hydrogen-bond donors (Lipinski definition) is 3. The lowest BCUT2D eigenvalue weighted by atomic mass is 10.2. The van der Waals surface area contributed by atoms with Gasteiger partial charge in [-0.3, -0.25) is 9.59 Å². The van der Waals surface area contributed by atoms with Gasteiger partial charge in [-0.15, -0.1) is 0 Å². The van der Waals surface area contributed by atoms with Crippen LogP contribution in [-0.4, -0.2) is 18.4 Å². The molecule has 0 aliphatic heterocycles. The maximum atomic E-state index is 12.0. The van der Waals surface area contributed by atoms with Crippen molar-refractivity contribution < 1.29 is 9.59 Å². The summed E-state index contributed by atoms with van der Waals surface area (Å²) < 4.78 is 0. The number of anilines is 2. The molecular formula is C18H20ClN3O2. The van der Waals surface area contributed by atoms with Crippen LogP contribution in [0.4, 0.5) is 11.4 Å². The largest absolute Gasteiger partial charge is 0.379 e. The van der Waals surface area contributed by atoms with Crippen LogP contribution in [0.15, 0.2) is 48.5 Å². The fourth-order valence-corrected chi connectivity index (χ4v) is 2.30. The Morgan fingerprint density at radius 3 is 2.50 bits per heavy atom. The number of rotatable bonds is 7. The first-order chi connectivity index (χ1) is 11.5. The van der Waals surface area contributed by atoms with E-state index in [0.29, 0.717) is 23.8 Å². The number of carbonyl (C=O) groups is 2. The van der Waals surface area contributed by atoms with Gasteiger partial charge in [-0.1, -0.05) is 41.9 Å². The zero-order valence-corrected chi connectivity index (χ0v) is 14.2. The average molecular weight is 346 g/mol. The molecule has 5 nitrogen and oxygen atoms in total. The molecule has 0 saturated heterocycles. The van der Waals surface area contributed by atoms with E-state index >= 15 is 0 Å². The van der Waals surface area contributed by atoms with Crippen LogP contribution >= 0.6 is 11.6 Å². The highest BCUT2D eigenvalue weighted by Crippen LogP contribution is 2.26. The van der Waals surface area contributed by atoms with Crippen molar-refractivity contribution in [3.8, 4) is 0 Å². The number of carbonyl (C=O) groups excluding carboxylic acids is 2. The second-order valence-corrected chi connectivity index (χ2v) is 5.75. The molecule has 2 rings (SSSR count). The van der Waals surface area contributed by atoms with Crippen molar-refractivity contribution in [3.63, 3.8) is 0 Å². The summed E-state index contributed by atoms with van der Waals surface area (Å²) in [6, 6.07) is 15.3. The monoisotopic (exact) mass is 345 g/mol. The van der Waals surface area contributed by atoms with Crippen LogP contribution < -0.4 is 16.0 Å². The molecule has 0 atom stereocenters. The number of benzene rings is 2. The SMILES string of the molecule is CC(=O)NCCC(=O)Nc1cc(Cl)ccc1NCc1ccccc1. The predicted molar refractivity (Wildman–Crippen MR) is 97.2 cm³/mol. The van der Waals surface area contributed by atoms with Crippen LogP contribution in [0.25, 0.3) is 0 Å². The zero-order chi connectivity index (χ0) is 17.4. The van der Waals surface area contributed by atoms with E-state index in [1.54, 1.807) is 12.1 Å². The van der Waals surface area contributed by atoms with E-state index in [9.17, 15) is 9.59 Å². The minimum Gasteiger partial charge on any atom is -0.379 e. The van der Waals surface area contributed by atoms with Crippen molar-refractivity contribution in [2.75, 3.05) is 17.2 Å². The zero-order valence-electron chi connectivity index (χ0n) is 13.4. The quantitative estimate of drug-likeness (QED) is 0.720. The van der Waals surface area contributed by atoms with Gasteiger partial charge in [-0.2, -0.15) is 0 Å². The van der Waals surface area contributed by atoms with E-state index < -0.39 is 0 Å². The molecule has 2 amide bonds. The lowest BCUT2D eigenvalue weighted by Gasteiger charge is -2.14. The molecular weight excluding hydrogens is 326 g/mol. The molecule has 0 heterocycles. The maximum Gasteiger partial charge on any atom is 0.226 e. The van der Waals surface area contributed by atoms with Crippen molar-refractivity contribution in [1.82, 2.24) is 5.32 Å². The molecule has 2 aromatic rings. The van der Waals surface area contributed by atoms with Gasteiger partial charge in [0.25, 0.3) is 0 Å². The summed E-state index contributed by atoms with van der Waals surface area (Å²) in [5, 5.41) is 9.25. The van der Waals surface area contributed by atoms with Crippen molar-refractivity contribution in [2.45, 2.75) is 19.9 Å². The molecule has 0 saturated carbocycles. The second kappa shape index (κ2) is 8.93. The van der Waals surface area contributed by atoms with Gasteiger partial charge in [0.15, 0.2) is 0 Å². The van der Waals surface area contributed by atoms with Crippen LogP contribution in [0.2, 0.25) is 5.02 Å². The number of hydrogen-bond acceptors (Lipinski definition) is 3. The smallest absolute Gasteiger partial charge is 0.226 e. The first-order valence-electron chi connectivity index (χ1n) is 7.66. The normalized spacial score (nSPS) is 10.1. The molecule has 6 heteroatoms. The Labute approximate surface area is 146 Å². The standard InChI is InChI=1S/C18H20ClN3O2/c1-13(23)20-10-9-18(24)22-17-11-15(19)7-8-16(17)21-12-14-5-3-2-4-6-14/h2-8,11,21H,9-10,12H2,1H3,(H,20,23)(H,22,24). The van der Waals surface area contributed by atoms with Gasteiger partial charge in [0.2, 0.25) is 11.8 Å². The van der Waals surface area contributed by atoms with E-state index in [0.717, 1.165) is 11.3 Å². The van der Waals surface area contributed by atoms with Crippen molar-refractivity contribution in [1.29, 1.82) is 0 Å². The minimum atomic E-state index is -0.186. The van der Waals surface area contributed by atoms with Crippen molar-refractivity contribution in [2.24, 2.45) is 0 Å². The molecule has 0 aliphatic carbocycles. The lowest BCUT2D eigenvalue weighted by molar-refractivity contribution is -0.119. The third-order valence-corrected chi connectivity index (χ3v) is 3.54. The van der Waals surface area contributed by atoms with Crippen LogP contribution in [0.5, 0.6) is 0 Å². The molecule has 2 aromatic carbocycles. The molecule has 0 bridgehead atoms. The third kappa shape index (κ3) is 5.93. The fourth-order valence-electron chi connectivity index (χ4n) is 2.13. The number of nitrogens with one attached hydrogen (secondary N) is 3. The Morgan fingerprint density at radius 1 is 1.04 bits per heavy atom. The van der Waals surface area contributed by atoms with Crippen LogP contribution in [0, 0.1) is 0 Å². The molecule has 24 heavy (non-hydrogen) atoms. The Kier molecular flexibility index (Phi) is 6.63. The summed E-state index contributed by atoms with van der Waals surface area (Å²) >= 11 is 6.03. The second-order valence-electron chi connectivity index (χ2n) is 5.31. The van der Waals surface area contributed by atoms with Gasteiger partial charge < -0.3 is 16.0 Å². The summed E-state index contributed by atoms with van der Waals surface area (Å²) in [5.41, 5.74) is 2.54. The average Bonchev–Trinajstić information content (AvgIpc) is 2.54. The molecule has 3 N–H and O–H groups in total. The van der Waals surface area contributed by atoms with E-state index in [1.165, 1.54) is 6.92 Å². The fraction of sp³-hybridized carbons (Fsp3) is 0.222. The molecule has 0 aromatic heterocycles. The summed E-state index contributed by atoms with van der Waals surface area (Å²) in [6.45, 7) is 2.35. The summed E-state index contributed by atoms with van der Waals surface area (Å²) in [7, 11) is 0. The van der Waals surface area contributed by atoms with Gasteiger partial charge in [-0.25, -0.2) is 0 Å². The first-order valence-corrected chi connectivity index (χ1v) is 8.04. The highest BCUT2D eigenvalue weighted by Gasteiger charge is 2.08. The first kappa shape index (κ1) is 17.8. The minimum absolute atomic E-state index is 0.157. The molecule has 126 valence electrons. The Balaban J connectivity index is 1.99. The van der Waals surface area contributed by atoms with Gasteiger partial charge in [0.05, 0.1) is 11.4 Å². The Bertz CT molecular complexity index is 705. The number of halogens is 1. The molecule has 0 radical (unpaired) electrons. The predicted octanol–water partition coefficient (Wildman–Crippen LogP) is 3.42. The van der Waals surface area contributed by atoms with E-state index in [2.05, 4.69) is 16.0 Å². The van der Waals surface area contributed by atoms with Gasteiger partial charge in [-0.05, 0) is 23.8 Å². The molecule has 0 aliphatic rings. The van der Waals surface area contributed by atoms with Gasteiger partial charge >= 0.3 is 0 Å². The van der Waals surface area contributed by atoms with E-state index in [4.69, 9.17) is 11.6 Å². The van der Waals surface area contributed by atoms with Crippen LogP contribution in [0.3, 0.4) is 0 Å². The number of amides is 2. The van der Waals surface area contributed by atoms with Gasteiger partial charge in [0.1, 0.15) is 0 Å². The van der Waals surface area contributed by atoms with Gasteiger partial charge in [0, 0.05) is 31.5 Å². The van der Waals surface area contributed by atoms with Crippen LogP contribution in [-0.2, 0) is 16.1 Å². The van der Waals surface area contributed by atoms with E-state index in [1.807, 2.05) is 36.4 Å². The molecule has 0 unspecified atom stereocenters.